The van der Waals surface area contributed by atoms with Crippen molar-refractivity contribution >= 4 is 51.9 Å². The van der Waals surface area contributed by atoms with E-state index < -0.39 is 17.7 Å². The number of aliphatic hydroxyl groups excluding tert-OH is 1. The van der Waals surface area contributed by atoms with Crippen molar-refractivity contribution in [3.8, 4) is 0 Å². The maximum absolute atomic E-state index is 9.63. The van der Waals surface area contributed by atoms with Gasteiger partial charge in [-0.2, -0.15) is 0 Å². The molecule has 3 aromatic rings. The van der Waals surface area contributed by atoms with Crippen LogP contribution in [0, 0.1) is 0 Å². The van der Waals surface area contributed by atoms with E-state index in [0.717, 1.165) is 4.90 Å². The first-order chi connectivity index (χ1) is 12.6. The minimum Gasteiger partial charge on any atom is -0.394 e. The van der Waals surface area contributed by atoms with E-state index in [-0.39, 0.29) is 11.9 Å². The summed E-state index contributed by atoms with van der Waals surface area (Å²) in [5.74, 6) is 0.295. The predicted octanol–water partition coefficient (Wildman–Crippen LogP) is 2.72. The first kappa shape index (κ1) is 17.8. The third-order valence-electron chi connectivity index (χ3n) is 4.21. The van der Waals surface area contributed by atoms with E-state index in [4.69, 9.17) is 33.7 Å². The molecular weight excluding hydrogens is 397 g/mol. The van der Waals surface area contributed by atoms with E-state index in [1.807, 2.05) is 24.3 Å². The number of hydrogen-bond donors (Lipinski definition) is 2. The monoisotopic (exact) mass is 411 g/mol. The molecule has 1 aliphatic rings. The van der Waals surface area contributed by atoms with Gasteiger partial charge in [0.1, 0.15) is 17.9 Å². The van der Waals surface area contributed by atoms with E-state index >= 15 is 0 Å². The van der Waals surface area contributed by atoms with E-state index in [1.165, 1.54) is 18.1 Å². The van der Waals surface area contributed by atoms with E-state index in [0.29, 0.717) is 22.0 Å². The minimum absolute atomic E-state index is 0.187. The number of benzene rings is 1. The Balaban J connectivity index is 1.74. The van der Waals surface area contributed by atoms with Gasteiger partial charge in [-0.25, -0.2) is 15.0 Å². The van der Waals surface area contributed by atoms with Gasteiger partial charge in [0.05, 0.1) is 28.6 Å². The average Bonchev–Trinajstić information content (AvgIpc) is 3.20. The highest BCUT2D eigenvalue weighted by Crippen LogP contribution is 2.45. The molecule has 1 aliphatic heterocycles. The van der Waals surface area contributed by atoms with Crippen molar-refractivity contribution < 1.29 is 9.84 Å². The van der Waals surface area contributed by atoms with Crippen LogP contribution in [0.4, 0.5) is 5.82 Å². The number of anilines is 1. The maximum Gasteiger partial charge on any atom is 0.167 e. The summed E-state index contributed by atoms with van der Waals surface area (Å²) in [4.78, 5) is 13.4. The number of rotatable bonds is 4. The lowest BCUT2D eigenvalue weighted by Crippen LogP contribution is -2.26. The number of alkyl halides is 1. The molecule has 0 saturated carbocycles. The molecule has 0 radical (unpaired) electrons. The average molecular weight is 412 g/mol. The predicted molar refractivity (Wildman–Crippen MR) is 101 cm³/mol. The Bertz CT molecular complexity index is 940. The van der Waals surface area contributed by atoms with Gasteiger partial charge in [0, 0.05) is 4.90 Å². The van der Waals surface area contributed by atoms with Crippen LogP contribution in [-0.2, 0) is 4.74 Å². The van der Waals surface area contributed by atoms with Crippen LogP contribution < -0.4 is 5.73 Å². The van der Waals surface area contributed by atoms with Crippen LogP contribution in [0.3, 0.4) is 0 Å². The summed E-state index contributed by atoms with van der Waals surface area (Å²) in [6, 6.07) is 7.52. The lowest BCUT2D eigenvalue weighted by Gasteiger charge is -2.21. The van der Waals surface area contributed by atoms with E-state index in [2.05, 4.69) is 15.0 Å². The Labute approximate surface area is 163 Å². The molecule has 0 aliphatic carbocycles. The van der Waals surface area contributed by atoms with Gasteiger partial charge < -0.3 is 15.6 Å². The number of nitrogen functional groups attached to an aromatic ring is 1. The van der Waals surface area contributed by atoms with Crippen LogP contribution in [0.15, 0.2) is 41.8 Å². The fourth-order valence-electron chi connectivity index (χ4n) is 2.93. The molecule has 0 spiro atoms. The van der Waals surface area contributed by atoms with Crippen molar-refractivity contribution in [1.29, 1.82) is 0 Å². The molecule has 1 saturated heterocycles. The third-order valence-corrected chi connectivity index (χ3v) is 6.76. The summed E-state index contributed by atoms with van der Waals surface area (Å²) >= 11 is 14.4. The van der Waals surface area contributed by atoms with Gasteiger partial charge in [0.25, 0.3) is 0 Å². The van der Waals surface area contributed by atoms with E-state index in [1.54, 1.807) is 10.9 Å². The molecule has 7 nitrogen and oxygen atoms in total. The standard InChI is InChI=1S/C16H15Cl2N5O2S/c17-8-3-1-2-4-10(8)26-13-11(18)9(5-24)25-16(13)23-7-22-12-14(19)20-6-21-15(12)23/h1-4,6-7,9,11,13,16,24H,5H2,(H2,19,20,21)/t9-,11+,13-,16-/m1/s1. The molecule has 136 valence electrons. The van der Waals surface area contributed by atoms with Crippen molar-refractivity contribution in [2.24, 2.45) is 0 Å². The summed E-state index contributed by atoms with van der Waals surface area (Å²) in [5, 5.41) is 9.62. The van der Waals surface area contributed by atoms with Crippen molar-refractivity contribution in [1.82, 2.24) is 19.5 Å². The smallest absolute Gasteiger partial charge is 0.167 e. The first-order valence-corrected chi connectivity index (χ1v) is 9.54. The minimum atomic E-state index is -0.515. The summed E-state index contributed by atoms with van der Waals surface area (Å²) in [6.45, 7) is -0.187. The van der Waals surface area contributed by atoms with Crippen LogP contribution in [0.25, 0.3) is 11.2 Å². The number of imidazole rings is 1. The number of fused-ring (bicyclic) bond motifs is 1. The van der Waals surface area contributed by atoms with Crippen LogP contribution in [0.2, 0.25) is 5.02 Å². The molecule has 4 rings (SSSR count). The topological polar surface area (TPSA) is 99.1 Å². The lowest BCUT2D eigenvalue weighted by molar-refractivity contribution is -0.0189. The zero-order chi connectivity index (χ0) is 18.3. The number of hydrogen-bond acceptors (Lipinski definition) is 7. The fraction of sp³-hybridized carbons (Fsp3) is 0.312. The highest BCUT2D eigenvalue weighted by atomic mass is 35.5. The molecule has 10 heteroatoms. The van der Waals surface area contributed by atoms with Crippen molar-refractivity contribution in [2.45, 2.75) is 27.9 Å². The maximum atomic E-state index is 9.63. The highest BCUT2D eigenvalue weighted by Gasteiger charge is 2.45. The molecule has 3 heterocycles. The first-order valence-electron chi connectivity index (χ1n) is 7.84. The molecule has 3 N–H and O–H groups in total. The summed E-state index contributed by atoms with van der Waals surface area (Å²) in [5.41, 5.74) is 6.92. The number of nitrogens with two attached hydrogens (primary N) is 1. The Kier molecular flexibility index (Phi) is 4.94. The molecule has 0 amide bonds. The number of ether oxygens (including phenoxy) is 1. The van der Waals surface area contributed by atoms with Gasteiger partial charge in [0.2, 0.25) is 0 Å². The van der Waals surface area contributed by atoms with Crippen LogP contribution in [-0.4, -0.2) is 48.0 Å². The van der Waals surface area contributed by atoms with Gasteiger partial charge in [-0.1, -0.05) is 23.7 Å². The summed E-state index contributed by atoms with van der Waals surface area (Å²) in [7, 11) is 0. The second-order valence-electron chi connectivity index (χ2n) is 5.79. The van der Waals surface area contributed by atoms with Gasteiger partial charge in [-0.15, -0.1) is 23.4 Å². The second-order valence-corrected chi connectivity index (χ2v) is 7.92. The molecular formula is C16H15Cl2N5O2S. The fourth-order valence-corrected chi connectivity index (χ4v) is 4.87. The number of aromatic nitrogens is 4. The highest BCUT2D eigenvalue weighted by molar-refractivity contribution is 8.00. The largest absolute Gasteiger partial charge is 0.394 e. The molecule has 0 unspecified atom stereocenters. The molecule has 2 aromatic heterocycles. The van der Waals surface area contributed by atoms with Gasteiger partial charge in [0.15, 0.2) is 17.7 Å². The van der Waals surface area contributed by atoms with Crippen LogP contribution in [0.1, 0.15) is 6.23 Å². The van der Waals surface area contributed by atoms with Gasteiger partial charge in [-0.3, -0.25) is 4.57 Å². The van der Waals surface area contributed by atoms with Gasteiger partial charge >= 0.3 is 0 Å². The number of nitrogens with zero attached hydrogens (tertiary/aromatic N) is 4. The lowest BCUT2D eigenvalue weighted by atomic mass is 10.2. The Hall–Kier alpha value is -1.58. The quantitative estimate of drug-likeness (QED) is 0.636. The zero-order valence-electron chi connectivity index (χ0n) is 13.4. The SMILES string of the molecule is Nc1ncnc2c1ncn2[C@@H]1O[C@H](CO)[C@H](Cl)[C@H]1Sc1ccccc1Cl. The number of thioether (sulfide) groups is 1. The molecule has 1 aromatic carbocycles. The van der Waals surface area contributed by atoms with Gasteiger partial charge in [-0.05, 0) is 12.1 Å². The Morgan fingerprint density at radius 2 is 2.08 bits per heavy atom. The van der Waals surface area contributed by atoms with E-state index in [9.17, 15) is 5.11 Å². The molecule has 0 bridgehead atoms. The number of halogens is 2. The van der Waals surface area contributed by atoms with Crippen LogP contribution in [0.5, 0.6) is 0 Å². The van der Waals surface area contributed by atoms with Crippen molar-refractivity contribution in [2.75, 3.05) is 12.3 Å². The third kappa shape index (κ3) is 3.01. The normalized spacial score (nSPS) is 25.8. The summed E-state index contributed by atoms with van der Waals surface area (Å²) < 4.78 is 7.79. The van der Waals surface area contributed by atoms with Crippen molar-refractivity contribution in [3.05, 3.63) is 41.9 Å². The molecule has 26 heavy (non-hydrogen) atoms. The number of aliphatic hydroxyl groups is 1. The summed E-state index contributed by atoms with van der Waals surface area (Å²) in [6.07, 6.45) is 1.97. The Morgan fingerprint density at radius 3 is 2.85 bits per heavy atom. The molecule has 1 fully saturated rings. The zero-order valence-corrected chi connectivity index (χ0v) is 15.7. The van der Waals surface area contributed by atoms with Crippen molar-refractivity contribution in [3.63, 3.8) is 0 Å². The molecule has 4 atom stereocenters. The van der Waals surface area contributed by atoms with Crippen LogP contribution >= 0.6 is 35.0 Å². The Morgan fingerprint density at radius 1 is 1.27 bits per heavy atom. The second kappa shape index (κ2) is 7.21.